The van der Waals surface area contributed by atoms with E-state index in [4.69, 9.17) is 10.8 Å². The summed E-state index contributed by atoms with van der Waals surface area (Å²) in [6, 6.07) is 5.19. The van der Waals surface area contributed by atoms with Crippen molar-refractivity contribution in [3.63, 3.8) is 0 Å². The maximum absolute atomic E-state index is 12.4. The van der Waals surface area contributed by atoms with E-state index in [1.165, 1.54) is 31.7 Å². The Morgan fingerprint density at radius 3 is 2.09 bits per heavy atom. The molecule has 0 aliphatic heterocycles. The van der Waals surface area contributed by atoms with Gasteiger partial charge in [0.2, 0.25) is 11.8 Å². The highest BCUT2D eigenvalue weighted by Gasteiger charge is 2.40. The van der Waals surface area contributed by atoms with Crippen LogP contribution in [-0.4, -0.2) is 30.1 Å². The molecule has 2 aliphatic carbocycles. The number of carbonyl (C=O) groups excluding carboxylic acids is 2. The number of benzene rings is 1. The molecule has 1 aromatic rings. The van der Waals surface area contributed by atoms with Gasteiger partial charge in [-0.25, -0.2) is 4.39 Å². The second-order valence-corrected chi connectivity index (χ2v) is 10.1. The van der Waals surface area contributed by atoms with Gasteiger partial charge in [0.15, 0.2) is 0 Å². The lowest BCUT2D eigenvalue weighted by Gasteiger charge is -2.37. The number of hydrogen-bond donors (Lipinski definition) is 4. The Bertz CT molecular complexity index is 780. The summed E-state index contributed by atoms with van der Waals surface area (Å²) in [6.45, 7) is 9.54. The van der Waals surface area contributed by atoms with Gasteiger partial charge in [-0.2, -0.15) is 0 Å². The van der Waals surface area contributed by atoms with Crippen LogP contribution in [0.3, 0.4) is 0 Å². The van der Waals surface area contributed by atoms with Crippen molar-refractivity contribution in [2.75, 3.05) is 7.11 Å². The highest BCUT2D eigenvalue weighted by atomic mass is 32.1. The lowest BCUT2D eigenvalue weighted by Crippen LogP contribution is -2.48. The van der Waals surface area contributed by atoms with Gasteiger partial charge in [0.05, 0.1) is 0 Å². The predicted molar refractivity (Wildman–Crippen MR) is 147 cm³/mol. The van der Waals surface area contributed by atoms with Crippen LogP contribution < -0.4 is 16.4 Å². The fourth-order valence-corrected chi connectivity index (χ4v) is 3.79. The van der Waals surface area contributed by atoms with Crippen LogP contribution >= 0.6 is 21.9 Å². The second-order valence-electron chi connectivity index (χ2n) is 8.96. The third kappa shape index (κ3) is 13.9. The van der Waals surface area contributed by atoms with Gasteiger partial charge in [-0.15, -0.1) is 34.2 Å². The fraction of sp³-hybridized carbons (Fsp3) is 0.615. The molecule has 8 heteroatoms. The molecule has 194 valence electrons. The van der Waals surface area contributed by atoms with Gasteiger partial charge in [-0.1, -0.05) is 46.6 Å². The molecule has 0 aromatic heterocycles. The number of nitrogens with two attached hydrogens (primary N) is 1. The van der Waals surface area contributed by atoms with E-state index >= 15 is 0 Å². The minimum Gasteiger partial charge on any atom is -0.400 e. The van der Waals surface area contributed by atoms with Gasteiger partial charge in [0, 0.05) is 29.4 Å². The van der Waals surface area contributed by atoms with Crippen molar-refractivity contribution in [3.05, 3.63) is 24.0 Å². The molecule has 0 saturated heterocycles. The Morgan fingerprint density at radius 2 is 1.79 bits per heavy atom. The molecule has 3 rings (SSSR count). The molecular weight excluding hydrogens is 470 g/mol. The van der Waals surface area contributed by atoms with Crippen molar-refractivity contribution >= 4 is 39.0 Å². The number of aliphatic hydroxyl groups is 1. The monoisotopic (exact) mass is 514 g/mol. The maximum Gasteiger partial charge on any atom is 0.226 e. The summed E-state index contributed by atoms with van der Waals surface area (Å²) in [4.78, 5) is 22.2. The van der Waals surface area contributed by atoms with Gasteiger partial charge in [-0.3, -0.25) is 9.59 Å². The molecule has 2 aliphatic rings. The Hall–Kier alpha value is -1.61. The normalized spacial score (nSPS) is 19.0. The number of primary amides is 1. The summed E-state index contributed by atoms with van der Waals surface area (Å²) in [5, 5.41) is 11.2. The molecule has 2 amide bonds. The number of rotatable bonds is 3. The molecule has 34 heavy (non-hydrogen) atoms. The predicted octanol–water partition coefficient (Wildman–Crippen LogP) is 4.47. The van der Waals surface area contributed by atoms with Gasteiger partial charge in [0.1, 0.15) is 5.82 Å². The van der Waals surface area contributed by atoms with Crippen LogP contribution in [0.25, 0.3) is 0 Å². The SMILES string of the molecule is C#CC.CC(C)C(N)=O.CC1CCCC1NC(=O)C1(C)CCC1.CO.Fc1ccc(P)cc1S. The van der Waals surface area contributed by atoms with Gasteiger partial charge >= 0.3 is 0 Å². The van der Waals surface area contributed by atoms with Crippen molar-refractivity contribution in [1.82, 2.24) is 5.32 Å². The van der Waals surface area contributed by atoms with Crippen molar-refractivity contribution in [1.29, 1.82) is 0 Å². The van der Waals surface area contributed by atoms with Crippen LogP contribution in [0, 0.1) is 35.4 Å². The quantitative estimate of drug-likeness (QED) is 0.272. The molecule has 4 N–H and O–H groups in total. The first-order valence-electron chi connectivity index (χ1n) is 11.5. The minimum absolute atomic E-state index is 0.00926. The molecule has 0 spiro atoms. The number of nitrogens with one attached hydrogen (secondary N) is 1. The summed E-state index contributed by atoms with van der Waals surface area (Å²) in [6.07, 6.45) is 11.7. The second kappa shape index (κ2) is 18.7. The van der Waals surface area contributed by atoms with Crippen LogP contribution in [0.5, 0.6) is 0 Å². The van der Waals surface area contributed by atoms with Crippen molar-refractivity contribution < 1.29 is 19.1 Å². The van der Waals surface area contributed by atoms with E-state index in [0.29, 0.717) is 22.8 Å². The molecule has 1 aromatic carbocycles. The van der Waals surface area contributed by atoms with E-state index < -0.39 is 0 Å². The van der Waals surface area contributed by atoms with Crippen LogP contribution in [0.4, 0.5) is 4.39 Å². The summed E-state index contributed by atoms with van der Waals surface area (Å²) >= 11 is 3.88. The zero-order valence-corrected chi connectivity index (χ0v) is 23.6. The van der Waals surface area contributed by atoms with E-state index in [2.05, 4.69) is 53.4 Å². The molecule has 0 radical (unpaired) electrons. The molecule has 5 nitrogen and oxygen atoms in total. The van der Waals surface area contributed by atoms with Crippen LogP contribution in [0.2, 0.25) is 0 Å². The first kappa shape index (κ1) is 34.6. The number of halogens is 1. The van der Waals surface area contributed by atoms with Gasteiger partial charge in [0.25, 0.3) is 0 Å². The van der Waals surface area contributed by atoms with Crippen LogP contribution in [0.1, 0.15) is 73.1 Å². The van der Waals surface area contributed by atoms with E-state index in [-0.39, 0.29) is 23.1 Å². The average molecular weight is 515 g/mol. The number of carbonyl (C=O) groups is 2. The maximum atomic E-state index is 12.4. The molecule has 0 heterocycles. The molecule has 2 fully saturated rings. The van der Waals surface area contributed by atoms with E-state index in [9.17, 15) is 14.0 Å². The van der Waals surface area contributed by atoms with Crippen LogP contribution in [0.15, 0.2) is 23.1 Å². The summed E-state index contributed by atoms with van der Waals surface area (Å²) in [5.41, 5.74) is 4.77. The smallest absolute Gasteiger partial charge is 0.226 e. The van der Waals surface area contributed by atoms with Gasteiger partial charge < -0.3 is 16.2 Å². The zero-order valence-electron chi connectivity index (χ0n) is 21.5. The van der Waals surface area contributed by atoms with E-state index in [0.717, 1.165) is 25.3 Å². The van der Waals surface area contributed by atoms with Crippen molar-refractivity contribution in [3.8, 4) is 12.3 Å². The molecule has 0 bridgehead atoms. The topological polar surface area (TPSA) is 92.4 Å². The Kier molecular flexibility index (Phi) is 19.0. The molecule has 3 unspecified atom stereocenters. The number of thiol groups is 1. The molecule has 2 saturated carbocycles. The third-order valence-corrected chi connectivity index (χ3v) is 6.42. The average Bonchev–Trinajstić information content (AvgIpc) is 3.16. The lowest BCUT2D eigenvalue weighted by atomic mass is 9.69. The highest BCUT2D eigenvalue weighted by Crippen LogP contribution is 2.41. The first-order valence-corrected chi connectivity index (χ1v) is 12.6. The fourth-order valence-electron chi connectivity index (χ4n) is 3.17. The number of amides is 2. The van der Waals surface area contributed by atoms with Gasteiger partial charge in [-0.05, 0) is 56.0 Å². The Balaban J connectivity index is 0. The number of terminal acetylenes is 1. The standard InChI is InChI=1S/C12H21NO.C6H6FPS.C4H9NO.C3H4.CH4O/c1-9-5-3-6-10(9)13-11(14)12(2)7-4-8-12;7-5-2-1-4(8)3-6(5)9;1-3(2)4(5)6;1-3-2;1-2/h9-10H,3-8H2,1-2H3,(H,13,14);1-3,9H,8H2;3H,1-2H3,(H2,5,6);1H,2H3;2H,1H3. The number of hydrogen-bond acceptors (Lipinski definition) is 4. The van der Waals surface area contributed by atoms with E-state index in [1.54, 1.807) is 32.9 Å². The highest BCUT2D eigenvalue weighted by molar-refractivity contribution is 7.80. The summed E-state index contributed by atoms with van der Waals surface area (Å²) < 4.78 is 12.4. The van der Waals surface area contributed by atoms with Crippen molar-refractivity contribution in [2.45, 2.75) is 84.1 Å². The van der Waals surface area contributed by atoms with Crippen LogP contribution in [-0.2, 0) is 9.59 Å². The molecule has 3 atom stereocenters. The Labute approximate surface area is 213 Å². The largest absolute Gasteiger partial charge is 0.400 e. The number of aliphatic hydroxyl groups excluding tert-OH is 1. The minimum atomic E-state index is -0.274. The lowest BCUT2D eigenvalue weighted by molar-refractivity contribution is -0.135. The Morgan fingerprint density at radius 1 is 1.29 bits per heavy atom. The first-order chi connectivity index (χ1) is 15.9. The van der Waals surface area contributed by atoms with Crippen molar-refractivity contribution in [2.24, 2.45) is 23.0 Å². The molecular formula is C26H44FN2O3PS. The van der Waals surface area contributed by atoms with E-state index in [1.807, 2.05) is 0 Å². The summed E-state index contributed by atoms with van der Waals surface area (Å²) in [7, 11) is 3.47. The zero-order chi connectivity index (χ0) is 26.9. The summed E-state index contributed by atoms with van der Waals surface area (Å²) in [5.74, 6) is 2.72. The third-order valence-electron chi connectivity index (χ3n) is 5.72.